The molecule has 0 N–H and O–H groups in total. The summed E-state index contributed by atoms with van der Waals surface area (Å²) in [5.41, 5.74) is 0. The molecule has 1 heterocycles. The average Bonchev–Trinajstić information content (AvgIpc) is 2.47. The van der Waals surface area contributed by atoms with Gasteiger partial charge in [-0.1, -0.05) is 5.16 Å². The summed E-state index contributed by atoms with van der Waals surface area (Å²) < 4.78 is 39.9. The highest BCUT2D eigenvalue weighted by molar-refractivity contribution is 6.20. The molecule has 80 valence electrons. The van der Waals surface area contributed by atoms with Gasteiger partial charge in [-0.15, -0.1) is 11.6 Å². The molecule has 1 unspecified atom stereocenters. The zero-order chi connectivity index (χ0) is 10.8. The van der Waals surface area contributed by atoms with Gasteiger partial charge in [-0.25, -0.2) is 0 Å². The van der Waals surface area contributed by atoms with Gasteiger partial charge in [-0.3, -0.25) is 0 Å². The summed E-state index contributed by atoms with van der Waals surface area (Å²) in [7, 11) is 0. The summed E-state index contributed by atoms with van der Waals surface area (Å²) >= 11 is 5.60. The van der Waals surface area contributed by atoms with E-state index in [0.29, 0.717) is 0 Å². The normalized spacial score (nSPS) is 14.4. The molecule has 0 saturated heterocycles. The van der Waals surface area contributed by atoms with Gasteiger partial charge in [0.25, 0.3) is 0 Å². The minimum Gasteiger partial charge on any atom is -0.339 e. The number of rotatable bonds is 3. The lowest BCUT2D eigenvalue weighted by Gasteiger charge is -2.01. The van der Waals surface area contributed by atoms with Crippen LogP contribution in [0.3, 0.4) is 0 Å². The molecule has 0 bridgehead atoms. The molecule has 1 aromatic rings. The summed E-state index contributed by atoms with van der Waals surface area (Å²) in [6.45, 7) is 1.61. The molecule has 0 radical (unpaired) electrons. The van der Waals surface area contributed by atoms with E-state index in [2.05, 4.69) is 14.7 Å². The monoisotopic (exact) mass is 228 g/mol. The fraction of sp³-hybridized carbons (Fsp3) is 0.714. The van der Waals surface area contributed by atoms with E-state index in [0.717, 1.165) is 0 Å². The van der Waals surface area contributed by atoms with Gasteiger partial charge < -0.3 is 4.52 Å². The maximum Gasteiger partial charge on any atom is 0.389 e. The van der Waals surface area contributed by atoms with Gasteiger partial charge in [0.05, 0.1) is 11.8 Å². The lowest BCUT2D eigenvalue weighted by atomic mass is 10.3. The standard InChI is InChI=1S/C7H8ClF3N2O/c1-4(8)6-12-5(14-13-6)2-3-7(9,10)11/h4H,2-3H2,1H3. The molecule has 0 saturated carbocycles. The quantitative estimate of drug-likeness (QED) is 0.747. The van der Waals surface area contributed by atoms with Gasteiger partial charge in [0.2, 0.25) is 5.89 Å². The maximum absolute atomic E-state index is 11.8. The molecule has 0 aliphatic carbocycles. The second-order valence-corrected chi connectivity index (χ2v) is 3.43. The first-order valence-electron chi connectivity index (χ1n) is 3.92. The van der Waals surface area contributed by atoms with Gasteiger partial charge in [-0.05, 0) is 6.92 Å². The first-order valence-corrected chi connectivity index (χ1v) is 4.35. The smallest absolute Gasteiger partial charge is 0.339 e. The Hall–Kier alpha value is -0.780. The molecule has 7 heteroatoms. The lowest BCUT2D eigenvalue weighted by molar-refractivity contribution is -0.134. The van der Waals surface area contributed by atoms with E-state index in [-0.39, 0.29) is 18.1 Å². The van der Waals surface area contributed by atoms with Crippen molar-refractivity contribution < 1.29 is 17.7 Å². The van der Waals surface area contributed by atoms with Crippen molar-refractivity contribution in [2.24, 2.45) is 0 Å². The number of alkyl halides is 4. The average molecular weight is 229 g/mol. The van der Waals surface area contributed by atoms with Crippen LogP contribution >= 0.6 is 11.6 Å². The molecule has 1 rings (SSSR count). The van der Waals surface area contributed by atoms with Crippen molar-refractivity contribution >= 4 is 11.6 Å². The zero-order valence-corrected chi connectivity index (χ0v) is 8.06. The topological polar surface area (TPSA) is 38.9 Å². The van der Waals surface area contributed by atoms with Crippen LogP contribution in [-0.4, -0.2) is 16.3 Å². The molecule has 1 atom stereocenters. The fourth-order valence-corrected chi connectivity index (χ4v) is 0.868. The maximum atomic E-state index is 11.8. The summed E-state index contributed by atoms with van der Waals surface area (Å²) in [5, 5.41) is 2.97. The van der Waals surface area contributed by atoms with Crippen LogP contribution in [0.15, 0.2) is 4.52 Å². The number of aromatic nitrogens is 2. The highest BCUT2D eigenvalue weighted by Gasteiger charge is 2.28. The first-order chi connectivity index (χ1) is 6.38. The van der Waals surface area contributed by atoms with E-state index in [9.17, 15) is 13.2 Å². The second-order valence-electron chi connectivity index (χ2n) is 2.78. The summed E-state index contributed by atoms with van der Waals surface area (Å²) in [6.07, 6.45) is -5.48. The third-order valence-electron chi connectivity index (χ3n) is 1.46. The molecule has 0 aliphatic rings. The third-order valence-corrected chi connectivity index (χ3v) is 1.66. The van der Waals surface area contributed by atoms with Crippen LogP contribution < -0.4 is 0 Å². The van der Waals surface area contributed by atoms with E-state index in [1.54, 1.807) is 6.92 Å². The Balaban J connectivity index is 2.52. The molecular formula is C7H8ClF3N2O. The molecule has 0 aliphatic heterocycles. The Morgan fingerprint density at radius 2 is 2.14 bits per heavy atom. The number of aryl methyl sites for hydroxylation is 1. The highest BCUT2D eigenvalue weighted by Crippen LogP contribution is 2.22. The SMILES string of the molecule is CC(Cl)c1noc(CCC(F)(F)F)n1. The predicted molar refractivity (Wildman–Crippen MR) is 42.9 cm³/mol. The van der Waals surface area contributed by atoms with Crippen molar-refractivity contribution in [2.45, 2.75) is 31.3 Å². The lowest BCUT2D eigenvalue weighted by Crippen LogP contribution is -2.08. The number of nitrogens with zero attached hydrogens (tertiary/aromatic N) is 2. The molecule has 0 amide bonds. The second kappa shape index (κ2) is 4.16. The van der Waals surface area contributed by atoms with Crippen LogP contribution in [0.2, 0.25) is 0 Å². The van der Waals surface area contributed by atoms with E-state index in [1.165, 1.54) is 0 Å². The summed E-state index contributed by atoms with van der Waals surface area (Å²) in [5.74, 6) is 0.175. The minimum absolute atomic E-state index is 0.0372. The molecule has 0 fully saturated rings. The predicted octanol–water partition coefficient (Wildman–Crippen LogP) is 2.86. The van der Waals surface area contributed by atoms with Crippen molar-refractivity contribution in [3.05, 3.63) is 11.7 Å². The van der Waals surface area contributed by atoms with E-state index in [1.807, 2.05) is 0 Å². The van der Waals surface area contributed by atoms with Crippen molar-refractivity contribution in [2.75, 3.05) is 0 Å². The van der Waals surface area contributed by atoms with Crippen molar-refractivity contribution in [3.8, 4) is 0 Å². The van der Waals surface area contributed by atoms with E-state index in [4.69, 9.17) is 11.6 Å². The van der Waals surface area contributed by atoms with Crippen LogP contribution in [0, 0.1) is 0 Å². The highest BCUT2D eigenvalue weighted by atomic mass is 35.5. The van der Waals surface area contributed by atoms with Gasteiger partial charge in [0.1, 0.15) is 0 Å². The van der Waals surface area contributed by atoms with E-state index < -0.39 is 18.0 Å². The Morgan fingerprint density at radius 1 is 1.50 bits per heavy atom. The van der Waals surface area contributed by atoms with Crippen molar-refractivity contribution in [3.63, 3.8) is 0 Å². The van der Waals surface area contributed by atoms with Crippen LogP contribution in [0.1, 0.15) is 30.4 Å². The van der Waals surface area contributed by atoms with Crippen LogP contribution in [0.25, 0.3) is 0 Å². The van der Waals surface area contributed by atoms with Gasteiger partial charge in [-0.2, -0.15) is 18.2 Å². The number of halogens is 4. The van der Waals surface area contributed by atoms with Crippen LogP contribution in [-0.2, 0) is 6.42 Å². The van der Waals surface area contributed by atoms with Gasteiger partial charge >= 0.3 is 6.18 Å². The van der Waals surface area contributed by atoms with E-state index >= 15 is 0 Å². The first kappa shape index (κ1) is 11.3. The molecule has 0 aromatic carbocycles. The molecule has 0 spiro atoms. The Bertz CT molecular complexity index is 297. The summed E-state index contributed by atoms with van der Waals surface area (Å²) in [6, 6.07) is 0. The Labute approximate surface area is 83.2 Å². The van der Waals surface area contributed by atoms with Crippen molar-refractivity contribution in [1.29, 1.82) is 0 Å². The molecule has 1 aromatic heterocycles. The van der Waals surface area contributed by atoms with Gasteiger partial charge in [0.15, 0.2) is 5.82 Å². The van der Waals surface area contributed by atoms with Crippen molar-refractivity contribution in [1.82, 2.24) is 10.1 Å². The minimum atomic E-state index is -4.21. The number of hydrogen-bond donors (Lipinski definition) is 0. The van der Waals surface area contributed by atoms with Crippen LogP contribution in [0.4, 0.5) is 13.2 Å². The molecule has 3 nitrogen and oxygen atoms in total. The largest absolute Gasteiger partial charge is 0.389 e. The third kappa shape index (κ3) is 3.53. The molecular weight excluding hydrogens is 221 g/mol. The fourth-order valence-electron chi connectivity index (χ4n) is 0.780. The Kier molecular flexibility index (Phi) is 3.36. The number of hydrogen-bond acceptors (Lipinski definition) is 3. The zero-order valence-electron chi connectivity index (χ0n) is 7.31. The molecule has 14 heavy (non-hydrogen) atoms. The van der Waals surface area contributed by atoms with Crippen LogP contribution in [0.5, 0.6) is 0 Å². The Morgan fingerprint density at radius 3 is 2.57 bits per heavy atom. The van der Waals surface area contributed by atoms with Gasteiger partial charge in [0, 0.05) is 6.42 Å². The summed E-state index contributed by atoms with van der Waals surface area (Å²) in [4.78, 5) is 3.70.